The zero-order valence-corrected chi connectivity index (χ0v) is 14.2. The number of rotatable bonds is 6. The highest BCUT2D eigenvalue weighted by Crippen LogP contribution is 2.18. The number of piperidine rings is 1. The van der Waals surface area contributed by atoms with Gasteiger partial charge in [0.15, 0.2) is 5.96 Å². The van der Waals surface area contributed by atoms with E-state index < -0.39 is 0 Å². The van der Waals surface area contributed by atoms with Gasteiger partial charge in [-0.3, -0.25) is 4.99 Å². The van der Waals surface area contributed by atoms with Crippen molar-refractivity contribution in [1.29, 1.82) is 0 Å². The Morgan fingerprint density at radius 3 is 2.45 bits per heavy atom. The predicted octanol–water partition coefficient (Wildman–Crippen LogP) is 1.97. The molecule has 0 spiro atoms. The Morgan fingerprint density at radius 1 is 1.14 bits per heavy atom. The molecule has 0 amide bonds. The van der Waals surface area contributed by atoms with E-state index in [1.54, 1.807) is 7.11 Å². The number of hydrogen-bond donors (Lipinski definition) is 2. The molecule has 2 fully saturated rings. The first kappa shape index (κ1) is 17.5. The third kappa shape index (κ3) is 6.53. The number of likely N-dealkylation sites (tertiary alicyclic amines) is 1. The second-order valence-corrected chi connectivity index (χ2v) is 6.84. The van der Waals surface area contributed by atoms with Gasteiger partial charge in [0, 0.05) is 26.2 Å². The molecule has 0 radical (unpaired) electrons. The lowest BCUT2D eigenvalue weighted by atomic mass is 9.97. The van der Waals surface area contributed by atoms with Crippen molar-refractivity contribution in [3.8, 4) is 0 Å². The maximum atomic E-state index is 6.08. The van der Waals surface area contributed by atoms with Crippen LogP contribution < -0.4 is 11.1 Å². The van der Waals surface area contributed by atoms with Crippen LogP contribution in [0.4, 0.5) is 0 Å². The molecule has 0 aromatic rings. The van der Waals surface area contributed by atoms with Crippen molar-refractivity contribution in [2.75, 3.05) is 39.9 Å². The molecule has 0 unspecified atom stereocenters. The maximum absolute atomic E-state index is 6.08. The van der Waals surface area contributed by atoms with Crippen molar-refractivity contribution in [3.63, 3.8) is 0 Å². The molecule has 0 atom stereocenters. The highest BCUT2D eigenvalue weighted by molar-refractivity contribution is 5.78. The molecule has 1 aliphatic carbocycles. The molecule has 22 heavy (non-hydrogen) atoms. The van der Waals surface area contributed by atoms with Crippen molar-refractivity contribution >= 4 is 5.96 Å². The van der Waals surface area contributed by atoms with Crippen molar-refractivity contribution < 1.29 is 4.74 Å². The number of ether oxygens (including phenoxy) is 1. The van der Waals surface area contributed by atoms with Crippen LogP contribution in [-0.2, 0) is 4.74 Å². The van der Waals surface area contributed by atoms with Gasteiger partial charge < -0.3 is 20.7 Å². The monoisotopic (exact) mass is 310 g/mol. The summed E-state index contributed by atoms with van der Waals surface area (Å²) in [6, 6.07) is 0.544. The number of nitrogens with zero attached hydrogens (tertiary/aromatic N) is 2. The van der Waals surface area contributed by atoms with Gasteiger partial charge in [-0.25, -0.2) is 0 Å². The SMILES string of the molecule is COCCN1CCC(CN=C(N)NC2CCCCCC2)CC1. The minimum Gasteiger partial charge on any atom is -0.383 e. The Bertz CT molecular complexity index is 319. The van der Waals surface area contributed by atoms with E-state index in [4.69, 9.17) is 10.5 Å². The van der Waals surface area contributed by atoms with Gasteiger partial charge in [-0.2, -0.15) is 0 Å². The highest BCUT2D eigenvalue weighted by atomic mass is 16.5. The summed E-state index contributed by atoms with van der Waals surface area (Å²) in [4.78, 5) is 7.08. The van der Waals surface area contributed by atoms with Crippen molar-refractivity contribution in [2.24, 2.45) is 16.6 Å². The molecule has 128 valence electrons. The minimum absolute atomic E-state index is 0.544. The van der Waals surface area contributed by atoms with Gasteiger partial charge in [0.2, 0.25) is 0 Å². The quantitative estimate of drug-likeness (QED) is 0.447. The number of guanidine groups is 1. The van der Waals surface area contributed by atoms with Crippen LogP contribution in [-0.4, -0.2) is 56.8 Å². The van der Waals surface area contributed by atoms with Gasteiger partial charge in [-0.1, -0.05) is 25.7 Å². The van der Waals surface area contributed by atoms with Crippen LogP contribution in [0.15, 0.2) is 4.99 Å². The molecule has 1 saturated carbocycles. The molecular formula is C17H34N4O. The fraction of sp³-hybridized carbons (Fsp3) is 0.941. The summed E-state index contributed by atoms with van der Waals surface area (Å²) in [5.41, 5.74) is 6.08. The van der Waals surface area contributed by atoms with Gasteiger partial charge >= 0.3 is 0 Å². The lowest BCUT2D eigenvalue weighted by Gasteiger charge is -2.31. The third-order valence-corrected chi connectivity index (χ3v) is 5.05. The van der Waals surface area contributed by atoms with Crippen LogP contribution in [0.25, 0.3) is 0 Å². The molecule has 2 aliphatic rings. The van der Waals surface area contributed by atoms with Gasteiger partial charge in [-0.05, 0) is 44.7 Å². The summed E-state index contributed by atoms with van der Waals surface area (Å²) in [5, 5.41) is 3.44. The summed E-state index contributed by atoms with van der Waals surface area (Å²) >= 11 is 0. The van der Waals surface area contributed by atoms with E-state index in [2.05, 4.69) is 15.2 Å². The van der Waals surface area contributed by atoms with Crippen LogP contribution in [0.3, 0.4) is 0 Å². The summed E-state index contributed by atoms with van der Waals surface area (Å²) < 4.78 is 5.14. The number of nitrogens with one attached hydrogen (secondary N) is 1. The molecule has 0 bridgehead atoms. The van der Waals surface area contributed by atoms with E-state index in [1.807, 2.05) is 0 Å². The lowest BCUT2D eigenvalue weighted by molar-refractivity contribution is 0.121. The Kier molecular flexibility index (Phi) is 8.02. The summed E-state index contributed by atoms with van der Waals surface area (Å²) in [6.07, 6.45) is 10.3. The molecule has 0 aromatic heterocycles. The molecule has 1 saturated heterocycles. The Balaban J connectivity index is 1.63. The Labute approximate surface area is 135 Å². The topological polar surface area (TPSA) is 62.9 Å². The molecule has 3 N–H and O–H groups in total. The molecule has 5 heteroatoms. The Hall–Kier alpha value is -0.810. The number of methoxy groups -OCH3 is 1. The van der Waals surface area contributed by atoms with Crippen LogP contribution in [0, 0.1) is 5.92 Å². The number of nitrogens with two attached hydrogens (primary N) is 1. The highest BCUT2D eigenvalue weighted by Gasteiger charge is 2.19. The second kappa shape index (κ2) is 10.1. The van der Waals surface area contributed by atoms with Gasteiger partial charge in [0.25, 0.3) is 0 Å². The summed E-state index contributed by atoms with van der Waals surface area (Å²) in [5.74, 6) is 1.35. The Morgan fingerprint density at radius 2 is 1.82 bits per heavy atom. The smallest absolute Gasteiger partial charge is 0.188 e. The molecular weight excluding hydrogens is 276 g/mol. The van der Waals surface area contributed by atoms with E-state index >= 15 is 0 Å². The molecule has 5 nitrogen and oxygen atoms in total. The van der Waals surface area contributed by atoms with Crippen molar-refractivity contribution in [3.05, 3.63) is 0 Å². The summed E-state index contributed by atoms with van der Waals surface area (Å²) in [6.45, 7) is 5.10. The summed E-state index contributed by atoms with van der Waals surface area (Å²) in [7, 11) is 1.77. The number of aliphatic imine (C=N–C) groups is 1. The van der Waals surface area contributed by atoms with Crippen molar-refractivity contribution in [1.82, 2.24) is 10.2 Å². The van der Waals surface area contributed by atoms with E-state index in [0.29, 0.717) is 17.9 Å². The van der Waals surface area contributed by atoms with Crippen LogP contribution in [0.2, 0.25) is 0 Å². The van der Waals surface area contributed by atoms with Gasteiger partial charge in [0.1, 0.15) is 0 Å². The van der Waals surface area contributed by atoms with E-state index in [-0.39, 0.29) is 0 Å². The average molecular weight is 310 g/mol. The number of hydrogen-bond acceptors (Lipinski definition) is 3. The average Bonchev–Trinajstić information content (AvgIpc) is 2.80. The lowest BCUT2D eigenvalue weighted by Crippen LogP contribution is -2.40. The fourth-order valence-corrected chi connectivity index (χ4v) is 3.52. The van der Waals surface area contributed by atoms with E-state index in [9.17, 15) is 0 Å². The maximum Gasteiger partial charge on any atom is 0.188 e. The van der Waals surface area contributed by atoms with Crippen LogP contribution in [0.5, 0.6) is 0 Å². The molecule has 1 aliphatic heterocycles. The second-order valence-electron chi connectivity index (χ2n) is 6.84. The first-order valence-electron chi connectivity index (χ1n) is 9.05. The van der Waals surface area contributed by atoms with Crippen LogP contribution in [0.1, 0.15) is 51.4 Å². The zero-order chi connectivity index (χ0) is 15.6. The predicted molar refractivity (Wildman–Crippen MR) is 92.2 cm³/mol. The third-order valence-electron chi connectivity index (χ3n) is 5.05. The largest absolute Gasteiger partial charge is 0.383 e. The molecule has 2 rings (SSSR count). The normalized spacial score (nSPS) is 23.4. The zero-order valence-electron chi connectivity index (χ0n) is 14.2. The van der Waals surface area contributed by atoms with Gasteiger partial charge in [-0.15, -0.1) is 0 Å². The first-order valence-corrected chi connectivity index (χ1v) is 9.05. The van der Waals surface area contributed by atoms with Gasteiger partial charge in [0.05, 0.1) is 6.61 Å². The minimum atomic E-state index is 0.544. The standard InChI is InChI=1S/C17H34N4O/c1-22-13-12-21-10-8-15(9-11-21)14-19-17(18)20-16-6-4-2-3-5-7-16/h15-16H,2-14H2,1H3,(H3,18,19,20). The van der Waals surface area contributed by atoms with Crippen LogP contribution >= 0.6 is 0 Å². The van der Waals surface area contributed by atoms with E-state index in [1.165, 1.54) is 64.5 Å². The van der Waals surface area contributed by atoms with E-state index in [0.717, 1.165) is 19.7 Å². The molecule has 1 heterocycles. The molecule has 0 aromatic carbocycles. The first-order chi connectivity index (χ1) is 10.8. The fourth-order valence-electron chi connectivity index (χ4n) is 3.52. The van der Waals surface area contributed by atoms with Crippen molar-refractivity contribution in [2.45, 2.75) is 57.4 Å².